The largest absolute Gasteiger partial charge is 0.354 e. The number of hydrogen-bond acceptors (Lipinski definition) is 6. The first-order valence-electron chi connectivity index (χ1n) is 9.05. The van der Waals surface area contributed by atoms with Gasteiger partial charge in [-0.3, -0.25) is 9.59 Å². The van der Waals surface area contributed by atoms with Crippen LogP contribution in [0.2, 0.25) is 0 Å². The summed E-state index contributed by atoms with van der Waals surface area (Å²) in [6, 6.07) is 9.29. The van der Waals surface area contributed by atoms with E-state index in [-0.39, 0.29) is 11.5 Å². The van der Waals surface area contributed by atoms with Crippen LogP contribution in [0.5, 0.6) is 0 Å². The second-order valence-electron chi connectivity index (χ2n) is 6.47. The van der Waals surface area contributed by atoms with Gasteiger partial charge < -0.3 is 15.2 Å². The highest BCUT2D eigenvalue weighted by molar-refractivity contribution is 5.78. The number of carbonyl (C=O) groups is 1. The molecule has 1 saturated heterocycles. The zero-order chi connectivity index (χ0) is 18.6. The van der Waals surface area contributed by atoms with Crippen molar-refractivity contribution in [3.05, 3.63) is 46.9 Å². The van der Waals surface area contributed by atoms with E-state index in [4.69, 9.17) is 0 Å². The van der Waals surface area contributed by atoms with E-state index in [9.17, 15) is 9.59 Å². The number of aromatic nitrogens is 4. The fourth-order valence-corrected chi connectivity index (χ4v) is 3.17. The second-order valence-corrected chi connectivity index (χ2v) is 6.47. The Morgan fingerprint density at radius 1 is 1.15 bits per heavy atom. The molecular formula is C19H20N6O2. The lowest BCUT2D eigenvalue weighted by molar-refractivity contribution is -0.127. The normalized spacial score (nSPS) is 14.1. The van der Waals surface area contributed by atoms with Gasteiger partial charge in [-0.25, -0.2) is 9.97 Å². The molecule has 0 atom stereocenters. The van der Waals surface area contributed by atoms with Gasteiger partial charge in [0.2, 0.25) is 11.9 Å². The molecule has 4 rings (SSSR count). The first-order valence-corrected chi connectivity index (χ1v) is 9.05. The number of H-pyrrole nitrogens is 1. The van der Waals surface area contributed by atoms with Crippen LogP contribution in [0.25, 0.3) is 22.4 Å². The van der Waals surface area contributed by atoms with Crippen LogP contribution < -0.4 is 10.9 Å². The molecule has 0 unspecified atom stereocenters. The molecule has 0 bridgehead atoms. The number of nitrogens with zero attached hydrogens (tertiary/aromatic N) is 4. The van der Waals surface area contributed by atoms with E-state index in [1.807, 2.05) is 35.2 Å². The molecule has 3 heterocycles. The van der Waals surface area contributed by atoms with Crippen molar-refractivity contribution in [1.82, 2.24) is 24.8 Å². The Kier molecular flexibility index (Phi) is 4.78. The summed E-state index contributed by atoms with van der Waals surface area (Å²) in [6.07, 6.45) is 4.02. The number of carbonyl (C=O) groups excluding carboxylic acids is 1. The summed E-state index contributed by atoms with van der Waals surface area (Å²) in [5.41, 5.74) is 1.74. The van der Waals surface area contributed by atoms with Gasteiger partial charge >= 0.3 is 0 Å². The van der Waals surface area contributed by atoms with Crippen LogP contribution in [0, 0.1) is 0 Å². The van der Waals surface area contributed by atoms with Gasteiger partial charge in [0, 0.05) is 31.6 Å². The smallest absolute Gasteiger partial charge is 0.276 e. The third-order valence-electron chi connectivity index (χ3n) is 4.56. The van der Waals surface area contributed by atoms with Gasteiger partial charge in [-0.2, -0.15) is 4.98 Å². The van der Waals surface area contributed by atoms with Crippen molar-refractivity contribution in [2.75, 3.05) is 25.0 Å². The molecule has 8 nitrogen and oxygen atoms in total. The third kappa shape index (κ3) is 3.79. The topological polar surface area (TPSA) is 104 Å². The van der Waals surface area contributed by atoms with E-state index < -0.39 is 0 Å². The maximum Gasteiger partial charge on any atom is 0.276 e. The molecule has 1 aromatic carbocycles. The van der Waals surface area contributed by atoms with Crippen molar-refractivity contribution in [2.45, 2.75) is 19.3 Å². The first kappa shape index (κ1) is 17.1. The molecule has 1 aliphatic heterocycles. The Labute approximate surface area is 155 Å². The lowest BCUT2D eigenvalue weighted by Gasteiger charge is -2.15. The number of anilines is 1. The molecule has 2 N–H and O–H groups in total. The highest BCUT2D eigenvalue weighted by atomic mass is 16.2. The molecule has 1 amide bonds. The molecule has 3 aromatic rings. The summed E-state index contributed by atoms with van der Waals surface area (Å²) >= 11 is 0. The lowest BCUT2D eigenvalue weighted by Crippen LogP contribution is -2.27. The molecule has 0 aliphatic carbocycles. The predicted octanol–water partition coefficient (Wildman–Crippen LogP) is 1.80. The monoisotopic (exact) mass is 364 g/mol. The Balaban J connectivity index is 1.44. The van der Waals surface area contributed by atoms with Crippen molar-refractivity contribution in [1.29, 1.82) is 0 Å². The van der Waals surface area contributed by atoms with Gasteiger partial charge in [-0.05, 0) is 12.8 Å². The van der Waals surface area contributed by atoms with Crippen molar-refractivity contribution in [3.8, 4) is 11.3 Å². The summed E-state index contributed by atoms with van der Waals surface area (Å²) < 4.78 is 0. The van der Waals surface area contributed by atoms with E-state index in [0.29, 0.717) is 35.8 Å². The SMILES string of the molecule is O=C1CCCN1CCCNc1ncc2nc(-c3ccccc3)c(=O)[nH]c2n1. The molecular weight excluding hydrogens is 344 g/mol. The Morgan fingerprint density at radius 3 is 2.78 bits per heavy atom. The molecule has 0 saturated carbocycles. The number of hydrogen-bond donors (Lipinski definition) is 2. The predicted molar refractivity (Wildman–Crippen MR) is 102 cm³/mol. The van der Waals surface area contributed by atoms with Crippen molar-refractivity contribution in [2.24, 2.45) is 0 Å². The molecule has 27 heavy (non-hydrogen) atoms. The van der Waals surface area contributed by atoms with Gasteiger partial charge in [0.15, 0.2) is 5.65 Å². The summed E-state index contributed by atoms with van der Waals surface area (Å²) in [7, 11) is 0. The van der Waals surface area contributed by atoms with Crippen LogP contribution >= 0.6 is 0 Å². The molecule has 8 heteroatoms. The first-order chi connectivity index (χ1) is 13.2. The van der Waals surface area contributed by atoms with Crippen molar-refractivity contribution in [3.63, 3.8) is 0 Å². The maximum atomic E-state index is 12.3. The fraction of sp³-hybridized carbons (Fsp3) is 0.316. The van der Waals surface area contributed by atoms with Gasteiger partial charge in [0.25, 0.3) is 5.56 Å². The maximum absolute atomic E-state index is 12.3. The number of likely N-dealkylation sites (tertiary alicyclic amines) is 1. The number of aromatic amines is 1. The van der Waals surface area contributed by atoms with Crippen LogP contribution in [0.1, 0.15) is 19.3 Å². The summed E-state index contributed by atoms with van der Waals surface area (Å²) in [5.74, 6) is 0.662. The molecule has 2 aromatic heterocycles. The van der Waals surface area contributed by atoms with E-state index in [2.05, 4.69) is 25.3 Å². The quantitative estimate of drug-likeness (QED) is 0.647. The Hall–Kier alpha value is -3.29. The standard InChI is InChI=1S/C19H20N6O2/c26-15-8-4-10-25(15)11-5-9-20-19-21-12-14-17(24-19)23-18(27)16(22-14)13-6-2-1-3-7-13/h1-3,6-7,12H,4-5,8-11H2,(H2,20,21,23,24,27). The summed E-state index contributed by atoms with van der Waals surface area (Å²) in [5, 5.41) is 3.13. The summed E-state index contributed by atoms with van der Waals surface area (Å²) in [6.45, 7) is 2.23. The minimum atomic E-state index is -0.286. The molecule has 1 aliphatic rings. The number of amides is 1. The highest BCUT2D eigenvalue weighted by Gasteiger charge is 2.19. The second kappa shape index (κ2) is 7.53. The van der Waals surface area contributed by atoms with Crippen LogP contribution in [0.3, 0.4) is 0 Å². The van der Waals surface area contributed by atoms with E-state index >= 15 is 0 Å². The number of rotatable bonds is 6. The van der Waals surface area contributed by atoms with Gasteiger partial charge in [-0.15, -0.1) is 0 Å². The third-order valence-corrected chi connectivity index (χ3v) is 4.56. The van der Waals surface area contributed by atoms with Crippen LogP contribution in [0.15, 0.2) is 41.3 Å². The molecule has 0 spiro atoms. The van der Waals surface area contributed by atoms with Crippen LogP contribution in [-0.4, -0.2) is 50.4 Å². The van der Waals surface area contributed by atoms with E-state index in [1.165, 1.54) is 0 Å². The van der Waals surface area contributed by atoms with Gasteiger partial charge in [0.1, 0.15) is 11.2 Å². The lowest BCUT2D eigenvalue weighted by atomic mass is 10.1. The fourth-order valence-electron chi connectivity index (χ4n) is 3.17. The minimum Gasteiger partial charge on any atom is -0.354 e. The molecule has 138 valence electrons. The number of benzene rings is 1. The Morgan fingerprint density at radius 2 is 2.00 bits per heavy atom. The average Bonchev–Trinajstić information content (AvgIpc) is 3.10. The average molecular weight is 364 g/mol. The summed E-state index contributed by atoms with van der Waals surface area (Å²) in [4.78, 5) is 41.6. The van der Waals surface area contributed by atoms with Crippen LogP contribution in [-0.2, 0) is 4.79 Å². The van der Waals surface area contributed by atoms with Crippen molar-refractivity contribution >= 4 is 23.0 Å². The highest BCUT2D eigenvalue weighted by Crippen LogP contribution is 2.15. The number of nitrogens with one attached hydrogen (secondary N) is 2. The minimum absolute atomic E-state index is 0.231. The van der Waals surface area contributed by atoms with E-state index in [1.54, 1.807) is 6.20 Å². The van der Waals surface area contributed by atoms with Gasteiger partial charge in [0.05, 0.1) is 6.20 Å². The molecule has 1 fully saturated rings. The molecule has 0 radical (unpaired) electrons. The number of fused-ring (bicyclic) bond motifs is 1. The van der Waals surface area contributed by atoms with Crippen LogP contribution in [0.4, 0.5) is 5.95 Å². The Bertz CT molecular complexity index is 1020. The van der Waals surface area contributed by atoms with Gasteiger partial charge in [-0.1, -0.05) is 30.3 Å². The van der Waals surface area contributed by atoms with Crippen molar-refractivity contribution < 1.29 is 4.79 Å². The zero-order valence-electron chi connectivity index (χ0n) is 14.8. The zero-order valence-corrected chi connectivity index (χ0v) is 14.8. The van der Waals surface area contributed by atoms with E-state index in [0.717, 1.165) is 31.5 Å².